The molecule has 1 aromatic carbocycles. The Morgan fingerprint density at radius 2 is 1.79 bits per heavy atom. The van der Waals surface area contributed by atoms with Crippen molar-refractivity contribution in [1.29, 1.82) is 0 Å². The second-order valence-electron chi connectivity index (χ2n) is 6.65. The van der Waals surface area contributed by atoms with Crippen molar-refractivity contribution in [3.8, 4) is 0 Å². The number of aromatic nitrogens is 2. The van der Waals surface area contributed by atoms with Gasteiger partial charge in [0.1, 0.15) is 5.82 Å². The highest BCUT2D eigenvalue weighted by Crippen LogP contribution is 2.24. The normalized spacial score (nSPS) is 12.5. The smallest absolute Gasteiger partial charge is 0.271 e. The summed E-state index contributed by atoms with van der Waals surface area (Å²) in [6.07, 6.45) is -0.653. The largest absolute Gasteiger partial charge is 0.387 e. The third-order valence-electron chi connectivity index (χ3n) is 3.76. The van der Waals surface area contributed by atoms with Crippen molar-refractivity contribution in [2.75, 3.05) is 18.9 Å². The highest BCUT2D eigenvalue weighted by Gasteiger charge is 2.14. The number of nitrogens with one attached hydrogen (secondary N) is 2. The molecule has 0 radical (unpaired) electrons. The van der Waals surface area contributed by atoms with Crippen LogP contribution in [0.2, 0.25) is 0 Å². The zero-order valence-electron chi connectivity index (χ0n) is 14.5. The van der Waals surface area contributed by atoms with E-state index in [9.17, 15) is 9.90 Å². The molecular weight excluding hydrogens is 304 g/mol. The Morgan fingerprint density at radius 3 is 2.29 bits per heavy atom. The molecule has 0 fully saturated rings. The van der Waals surface area contributed by atoms with Gasteiger partial charge in [-0.2, -0.15) is 0 Å². The minimum Gasteiger partial charge on any atom is -0.387 e. The molecular formula is C18H24N4O2. The summed E-state index contributed by atoms with van der Waals surface area (Å²) in [6.45, 7) is 6.77. The lowest BCUT2D eigenvalue weighted by Crippen LogP contribution is -2.20. The summed E-state index contributed by atoms with van der Waals surface area (Å²) in [7, 11) is 1.54. The Hall–Kier alpha value is -2.47. The molecule has 128 valence electrons. The molecule has 6 nitrogen and oxygen atoms in total. The van der Waals surface area contributed by atoms with Crippen molar-refractivity contribution in [3.05, 3.63) is 53.2 Å². The van der Waals surface area contributed by atoms with Gasteiger partial charge in [-0.05, 0) is 28.7 Å². The Morgan fingerprint density at radius 1 is 1.12 bits per heavy atom. The lowest BCUT2D eigenvalue weighted by molar-refractivity contribution is 0.0957. The number of benzene rings is 1. The second kappa shape index (κ2) is 7.40. The number of carbonyl (C=O) groups excluding carboxylic acids is 1. The van der Waals surface area contributed by atoms with E-state index in [1.165, 1.54) is 12.6 Å². The van der Waals surface area contributed by atoms with Crippen LogP contribution in [0.25, 0.3) is 0 Å². The number of amides is 1. The number of aliphatic hydroxyl groups is 1. The Balaban J connectivity index is 1.95. The zero-order valence-corrected chi connectivity index (χ0v) is 14.5. The lowest BCUT2D eigenvalue weighted by atomic mass is 9.86. The number of rotatable bonds is 5. The molecule has 0 aliphatic rings. The van der Waals surface area contributed by atoms with Crippen molar-refractivity contribution in [2.24, 2.45) is 0 Å². The number of hydrogen-bond acceptors (Lipinski definition) is 5. The van der Waals surface area contributed by atoms with Gasteiger partial charge in [0.05, 0.1) is 6.10 Å². The number of aliphatic hydroxyl groups excluding tert-OH is 1. The number of anilines is 1. The van der Waals surface area contributed by atoms with Gasteiger partial charge in [-0.1, -0.05) is 45.0 Å². The molecule has 1 atom stereocenters. The van der Waals surface area contributed by atoms with Gasteiger partial charge in [0.2, 0.25) is 0 Å². The van der Waals surface area contributed by atoms with Gasteiger partial charge in [-0.25, -0.2) is 0 Å². The van der Waals surface area contributed by atoms with Crippen LogP contribution in [0.5, 0.6) is 0 Å². The molecule has 0 aliphatic heterocycles. The topological polar surface area (TPSA) is 87.1 Å². The lowest BCUT2D eigenvalue weighted by Gasteiger charge is -2.20. The van der Waals surface area contributed by atoms with Gasteiger partial charge in [-0.3, -0.25) is 4.79 Å². The van der Waals surface area contributed by atoms with Crippen molar-refractivity contribution in [2.45, 2.75) is 32.3 Å². The highest BCUT2D eigenvalue weighted by atomic mass is 16.3. The third kappa shape index (κ3) is 4.52. The summed E-state index contributed by atoms with van der Waals surface area (Å²) in [6, 6.07) is 11.2. The third-order valence-corrected chi connectivity index (χ3v) is 3.76. The first-order chi connectivity index (χ1) is 11.3. The van der Waals surface area contributed by atoms with Crippen LogP contribution < -0.4 is 10.6 Å². The van der Waals surface area contributed by atoms with Crippen molar-refractivity contribution in [1.82, 2.24) is 15.5 Å². The predicted octanol–water partition coefficient (Wildman–Crippen LogP) is 2.28. The first-order valence-corrected chi connectivity index (χ1v) is 7.89. The van der Waals surface area contributed by atoms with Gasteiger partial charge < -0.3 is 15.7 Å². The highest BCUT2D eigenvalue weighted by molar-refractivity contribution is 5.91. The van der Waals surface area contributed by atoms with Crippen LogP contribution in [0, 0.1) is 0 Å². The van der Waals surface area contributed by atoms with E-state index in [2.05, 4.69) is 41.6 Å². The van der Waals surface area contributed by atoms with E-state index in [4.69, 9.17) is 0 Å². The second-order valence-corrected chi connectivity index (χ2v) is 6.65. The molecule has 2 rings (SSSR count). The average Bonchev–Trinajstić information content (AvgIpc) is 2.58. The zero-order chi connectivity index (χ0) is 17.7. The van der Waals surface area contributed by atoms with Gasteiger partial charge in [-0.15, -0.1) is 10.2 Å². The van der Waals surface area contributed by atoms with E-state index in [-0.39, 0.29) is 17.0 Å². The van der Waals surface area contributed by atoms with E-state index in [1.54, 1.807) is 12.1 Å². The van der Waals surface area contributed by atoms with Crippen LogP contribution >= 0.6 is 0 Å². The quantitative estimate of drug-likeness (QED) is 0.784. The minimum atomic E-state index is -0.653. The monoisotopic (exact) mass is 328 g/mol. The van der Waals surface area contributed by atoms with Gasteiger partial charge in [0.25, 0.3) is 5.91 Å². The van der Waals surface area contributed by atoms with Crippen molar-refractivity contribution >= 4 is 11.7 Å². The standard InChI is InChI=1S/C18H24N4O2/c1-18(2,3)13-7-5-12(6-8-13)15(23)11-20-16-10-9-14(21-22-16)17(24)19-4/h5-10,15,23H,11H2,1-4H3,(H,19,24)(H,20,22). The average molecular weight is 328 g/mol. The fourth-order valence-electron chi connectivity index (χ4n) is 2.20. The number of hydrogen-bond donors (Lipinski definition) is 3. The van der Waals surface area contributed by atoms with Crippen LogP contribution in [-0.2, 0) is 5.41 Å². The first kappa shape index (κ1) is 17.9. The van der Waals surface area contributed by atoms with Crippen molar-refractivity contribution in [3.63, 3.8) is 0 Å². The van der Waals surface area contributed by atoms with Crippen LogP contribution in [0.3, 0.4) is 0 Å². The first-order valence-electron chi connectivity index (χ1n) is 7.89. The molecule has 0 spiro atoms. The summed E-state index contributed by atoms with van der Waals surface area (Å²) >= 11 is 0. The molecule has 6 heteroatoms. The predicted molar refractivity (Wildman–Crippen MR) is 94.0 cm³/mol. The maximum absolute atomic E-state index is 11.4. The summed E-state index contributed by atoms with van der Waals surface area (Å²) in [4.78, 5) is 11.4. The molecule has 0 saturated carbocycles. The Kier molecular flexibility index (Phi) is 5.51. The summed E-state index contributed by atoms with van der Waals surface area (Å²) in [5.41, 5.74) is 2.40. The molecule has 24 heavy (non-hydrogen) atoms. The molecule has 2 aromatic rings. The molecule has 0 saturated heterocycles. The fourth-order valence-corrected chi connectivity index (χ4v) is 2.20. The maximum Gasteiger partial charge on any atom is 0.271 e. The number of carbonyl (C=O) groups is 1. The van der Waals surface area contributed by atoms with Crippen LogP contribution in [0.4, 0.5) is 5.82 Å². The van der Waals surface area contributed by atoms with E-state index >= 15 is 0 Å². The van der Waals surface area contributed by atoms with Gasteiger partial charge in [0.15, 0.2) is 5.69 Å². The van der Waals surface area contributed by atoms with E-state index in [0.717, 1.165) is 5.56 Å². The van der Waals surface area contributed by atoms with E-state index in [0.29, 0.717) is 12.4 Å². The van der Waals surface area contributed by atoms with Crippen LogP contribution in [-0.4, -0.2) is 34.8 Å². The summed E-state index contributed by atoms with van der Waals surface area (Å²) in [5, 5.41) is 23.5. The molecule has 3 N–H and O–H groups in total. The fraction of sp³-hybridized carbons (Fsp3) is 0.389. The van der Waals surface area contributed by atoms with Crippen LogP contribution in [0.1, 0.15) is 48.5 Å². The summed E-state index contributed by atoms with van der Waals surface area (Å²) in [5.74, 6) is 0.223. The summed E-state index contributed by atoms with van der Waals surface area (Å²) < 4.78 is 0. The van der Waals surface area contributed by atoms with Crippen LogP contribution in [0.15, 0.2) is 36.4 Å². The van der Waals surface area contributed by atoms with Gasteiger partial charge >= 0.3 is 0 Å². The maximum atomic E-state index is 11.4. The van der Waals surface area contributed by atoms with Crippen molar-refractivity contribution < 1.29 is 9.90 Å². The molecule has 1 heterocycles. The minimum absolute atomic E-state index is 0.0872. The van der Waals surface area contributed by atoms with E-state index < -0.39 is 6.10 Å². The Labute approximate surface area is 142 Å². The Bertz CT molecular complexity index is 676. The molecule has 0 bridgehead atoms. The molecule has 1 unspecified atom stereocenters. The SMILES string of the molecule is CNC(=O)c1ccc(NCC(O)c2ccc(C(C)(C)C)cc2)nn1. The van der Waals surface area contributed by atoms with E-state index in [1.807, 2.05) is 24.3 Å². The molecule has 1 amide bonds. The molecule has 0 aliphatic carbocycles. The van der Waals surface area contributed by atoms with Gasteiger partial charge in [0, 0.05) is 13.6 Å². The number of nitrogens with zero attached hydrogens (tertiary/aromatic N) is 2. The molecule has 1 aromatic heterocycles.